The van der Waals surface area contributed by atoms with Crippen molar-refractivity contribution in [3.05, 3.63) is 81.8 Å². The molecule has 1 heterocycles. The first-order chi connectivity index (χ1) is 13.0. The Morgan fingerprint density at radius 3 is 2.74 bits per heavy atom. The molecular formula is C22H24N2OS2. The maximum Gasteiger partial charge on any atom is 0.252 e. The van der Waals surface area contributed by atoms with E-state index < -0.39 is 0 Å². The van der Waals surface area contributed by atoms with E-state index in [0.29, 0.717) is 6.54 Å². The van der Waals surface area contributed by atoms with Gasteiger partial charge in [0.2, 0.25) is 0 Å². The van der Waals surface area contributed by atoms with Crippen molar-refractivity contribution in [1.82, 2.24) is 10.3 Å². The molecule has 0 saturated carbocycles. The average Bonchev–Trinajstić information content (AvgIpc) is 3.18. The monoisotopic (exact) mass is 396 g/mol. The van der Waals surface area contributed by atoms with E-state index in [9.17, 15) is 4.79 Å². The van der Waals surface area contributed by atoms with Crippen molar-refractivity contribution in [3.8, 4) is 0 Å². The predicted molar refractivity (Wildman–Crippen MR) is 115 cm³/mol. The van der Waals surface area contributed by atoms with Crippen LogP contribution in [0.1, 0.15) is 41.0 Å². The molecule has 0 spiro atoms. The summed E-state index contributed by atoms with van der Waals surface area (Å²) < 4.78 is 0. The standard InChI is InChI=1S/C22H24N2OS2/c1-16-7-6-8-17(11-16)22(2,3)14-23-21(25)19-9-4-5-10-20(19)27-13-18-12-26-15-24-18/h4-12,15H,13-14H2,1-3H3,(H,23,25). The highest BCUT2D eigenvalue weighted by Crippen LogP contribution is 2.27. The van der Waals surface area contributed by atoms with Crippen LogP contribution in [0.15, 0.2) is 64.3 Å². The molecule has 140 valence electrons. The fourth-order valence-electron chi connectivity index (χ4n) is 2.81. The van der Waals surface area contributed by atoms with Crippen LogP contribution < -0.4 is 5.32 Å². The van der Waals surface area contributed by atoms with Crippen molar-refractivity contribution in [2.75, 3.05) is 6.54 Å². The van der Waals surface area contributed by atoms with Crippen molar-refractivity contribution in [1.29, 1.82) is 0 Å². The van der Waals surface area contributed by atoms with Crippen LogP contribution in [-0.4, -0.2) is 17.4 Å². The molecule has 27 heavy (non-hydrogen) atoms. The summed E-state index contributed by atoms with van der Waals surface area (Å²) in [6.07, 6.45) is 0. The van der Waals surface area contributed by atoms with Crippen LogP contribution in [0.4, 0.5) is 0 Å². The SMILES string of the molecule is Cc1cccc(C(C)(C)CNC(=O)c2ccccc2SCc2cscn2)c1. The van der Waals surface area contributed by atoms with E-state index in [4.69, 9.17) is 0 Å². The minimum absolute atomic E-state index is 0.0305. The highest BCUT2D eigenvalue weighted by atomic mass is 32.2. The Morgan fingerprint density at radius 1 is 1.19 bits per heavy atom. The molecule has 1 N–H and O–H groups in total. The van der Waals surface area contributed by atoms with Gasteiger partial charge in [0.05, 0.1) is 16.8 Å². The molecule has 3 rings (SSSR count). The van der Waals surface area contributed by atoms with Gasteiger partial charge in [0.15, 0.2) is 0 Å². The van der Waals surface area contributed by atoms with Crippen molar-refractivity contribution in [2.45, 2.75) is 36.8 Å². The lowest BCUT2D eigenvalue weighted by atomic mass is 9.84. The number of nitrogens with one attached hydrogen (secondary N) is 1. The van der Waals surface area contributed by atoms with Gasteiger partial charge in [-0.25, -0.2) is 4.98 Å². The summed E-state index contributed by atoms with van der Waals surface area (Å²) in [7, 11) is 0. The Kier molecular flexibility index (Phi) is 6.34. The molecule has 0 unspecified atom stereocenters. The van der Waals surface area contributed by atoms with Crippen LogP contribution in [0.2, 0.25) is 0 Å². The molecule has 0 aliphatic heterocycles. The van der Waals surface area contributed by atoms with Crippen molar-refractivity contribution >= 4 is 29.0 Å². The zero-order valence-corrected chi connectivity index (χ0v) is 17.5. The van der Waals surface area contributed by atoms with Gasteiger partial charge in [-0.15, -0.1) is 23.1 Å². The smallest absolute Gasteiger partial charge is 0.252 e. The van der Waals surface area contributed by atoms with Gasteiger partial charge in [-0.2, -0.15) is 0 Å². The highest BCUT2D eigenvalue weighted by molar-refractivity contribution is 7.98. The van der Waals surface area contributed by atoms with Gasteiger partial charge >= 0.3 is 0 Å². The van der Waals surface area contributed by atoms with Crippen molar-refractivity contribution < 1.29 is 4.79 Å². The number of amides is 1. The largest absolute Gasteiger partial charge is 0.351 e. The number of thioether (sulfide) groups is 1. The van der Waals surface area contributed by atoms with E-state index in [0.717, 1.165) is 21.9 Å². The van der Waals surface area contributed by atoms with Crippen LogP contribution in [0.5, 0.6) is 0 Å². The lowest BCUT2D eigenvalue weighted by Crippen LogP contribution is -2.36. The summed E-state index contributed by atoms with van der Waals surface area (Å²) >= 11 is 3.24. The third kappa shape index (κ3) is 5.21. The summed E-state index contributed by atoms with van der Waals surface area (Å²) in [6, 6.07) is 16.2. The number of aryl methyl sites for hydroxylation is 1. The Hall–Kier alpha value is -2.11. The lowest BCUT2D eigenvalue weighted by Gasteiger charge is -2.26. The maximum atomic E-state index is 12.8. The van der Waals surface area contributed by atoms with Crippen LogP contribution in [0, 0.1) is 6.92 Å². The average molecular weight is 397 g/mol. The number of carbonyl (C=O) groups excluding carboxylic acids is 1. The molecule has 0 saturated heterocycles. The molecule has 2 aromatic carbocycles. The van der Waals surface area contributed by atoms with Gasteiger partial charge in [0.1, 0.15) is 0 Å². The summed E-state index contributed by atoms with van der Waals surface area (Å²) in [5.74, 6) is 0.736. The van der Waals surface area contributed by atoms with Crippen molar-refractivity contribution in [2.24, 2.45) is 0 Å². The Morgan fingerprint density at radius 2 is 2.00 bits per heavy atom. The van der Waals surface area contributed by atoms with Gasteiger partial charge in [0.25, 0.3) is 5.91 Å². The third-order valence-electron chi connectivity index (χ3n) is 4.48. The quantitative estimate of drug-likeness (QED) is 0.540. The Labute approximate surface area is 169 Å². The minimum atomic E-state index is -0.135. The van der Waals surface area contributed by atoms with E-state index in [1.54, 1.807) is 23.1 Å². The third-order valence-corrected chi connectivity index (χ3v) is 6.22. The van der Waals surface area contributed by atoms with E-state index in [-0.39, 0.29) is 11.3 Å². The first-order valence-corrected chi connectivity index (χ1v) is 10.8. The highest BCUT2D eigenvalue weighted by Gasteiger charge is 2.22. The first kappa shape index (κ1) is 19.6. The second kappa shape index (κ2) is 8.72. The van der Waals surface area contributed by atoms with Gasteiger partial charge in [-0.3, -0.25) is 4.79 Å². The topological polar surface area (TPSA) is 42.0 Å². The van der Waals surface area contributed by atoms with Crippen LogP contribution in [0.3, 0.4) is 0 Å². The molecule has 5 heteroatoms. The van der Waals surface area contributed by atoms with Crippen LogP contribution in [-0.2, 0) is 11.2 Å². The van der Waals surface area contributed by atoms with E-state index >= 15 is 0 Å². The number of hydrogen-bond acceptors (Lipinski definition) is 4. The number of aromatic nitrogens is 1. The summed E-state index contributed by atoms with van der Waals surface area (Å²) in [4.78, 5) is 18.1. The molecule has 0 fully saturated rings. The molecule has 0 atom stereocenters. The fourth-order valence-corrected chi connectivity index (χ4v) is 4.42. The van der Waals surface area contributed by atoms with E-state index in [1.165, 1.54) is 11.1 Å². The summed E-state index contributed by atoms with van der Waals surface area (Å²) in [5.41, 5.74) is 5.93. The minimum Gasteiger partial charge on any atom is -0.351 e. The number of benzene rings is 2. The lowest BCUT2D eigenvalue weighted by molar-refractivity contribution is 0.0942. The normalized spacial score (nSPS) is 11.4. The van der Waals surface area contributed by atoms with Crippen molar-refractivity contribution in [3.63, 3.8) is 0 Å². The van der Waals surface area contributed by atoms with Gasteiger partial charge in [-0.1, -0.05) is 55.8 Å². The zero-order chi connectivity index (χ0) is 19.3. The van der Waals surface area contributed by atoms with E-state index in [1.807, 2.05) is 35.2 Å². The molecule has 3 nitrogen and oxygen atoms in total. The van der Waals surface area contributed by atoms with E-state index in [2.05, 4.69) is 55.3 Å². The van der Waals surface area contributed by atoms with Crippen LogP contribution >= 0.6 is 23.1 Å². The zero-order valence-electron chi connectivity index (χ0n) is 15.9. The second-order valence-electron chi connectivity index (χ2n) is 7.20. The number of nitrogens with zero attached hydrogens (tertiary/aromatic N) is 1. The number of carbonyl (C=O) groups is 1. The molecule has 1 aromatic heterocycles. The van der Waals surface area contributed by atoms with Crippen LogP contribution in [0.25, 0.3) is 0 Å². The molecule has 0 radical (unpaired) electrons. The molecule has 0 aliphatic carbocycles. The molecule has 1 amide bonds. The molecule has 3 aromatic rings. The number of rotatable bonds is 7. The molecular weight excluding hydrogens is 372 g/mol. The van der Waals surface area contributed by atoms with Gasteiger partial charge in [-0.05, 0) is 24.6 Å². The van der Waals surface area contributed by atoms with Gasteiger partial charge in [0, 0.05) is 28.0 Å². The molecule has 0 bridgehead atoms. The second-order valence-corrected chi connectivity index (χ2v) is 8.94. The summed E-state index contributed by atoms with van der Waals surface area (Å²) in [6.45, 7) is 6.99. The number of hydrogen-bond donors (Lipinski definition) is 1. The fraction of sp³-hybridized carbons (Fsp3) is 0.273. The number of thiazole rings is 1. The molecule has 0 aliphatic rings. The Balaban J connectivity index is 1.67. The van der Waals surface area contributed by atoms with Gasteiger partial charge < -0.3 is 5.32 Å². The Bertz CT molecular complexity index is 904. The summed E-state index contributed by atoms with van der Waals surface area (Å²) in [5, 5.41) is 5.17. The maximum absolute atomic E-state index is 12.8. The first-order valence-electron chi connectivity index (χ1n) is 8.90. The predicted octanol–water partition coefficient (Wildman–Crippen LogP) is 5.45.